The first-order chi connectivity index (χ1) is 11.5. The molecule has 0 fully saturated rings. The Morgan fingerprint density at radius 1 is 1.25 bits per heavy atom. The summed E-state index contributed by atoms with van der Waals surface area (Å²) in [7, 11) is 0. The minimum Gasteiger partial charge on any atom is -0.478 e. The van der Waals surface area contributed by atoms with Gasteiger partial charge in [0.1, 0.15) is 5.82 Å². The van der Waals surface area contributed by atoms with Crippen LogP contribution in [0.2, 0.25) is 0 Å². The number of anilines is 1. The van der Waals surface area contributed by atoms with Gasteiger partial charge in [-0.25, -0.2) is 9.18 Å². The highest BCUT2D eigenvalue weighted by Gasteiger charge is 2.16. The number of rotatable bonds is 4. The van der Waals surface area contributed by atoms with E-state index in [9.17, 15) is 14.0 Å². The predicted octanol–water partition coefficient (Wildman–Crippen LogP) is 2.78. The summed E-state index contributed by atoms with van der Waals surface area (Å²) in [4.78, 5) is 23.0. The molecule has 1 aliphatic heterocycles. The van der Waals surface area contributed by atoms with Gasteiger partial charge in [-0.05, 0) is 41.3 Å². The molecule has 2 aromatic rings. The van der Waals surface area contributed by atoms with Crippen molar-refractivity contribution in [2.24, 2.45) is 0 Å². The number of halogens is 1. The van der Waals surface area contributed by atoms with Crippen LogP contribution < -0.4 is 5.32 Å². The summed E-state index contributed by atoms with van der Waals surface area (Å²) < 4.78 is 19.1. The van der Waals surface area contributed by atoms with E-state index >= 15 is 0 Å². The zero-order valence-corrected chi connectivity index (χ0v) is 12.8. The maximum Gasteiger partial charge on any atom is 0.338 e. The number of nitrogens with one attached hydrogen (secondary N) is 1. The lowest BCUT2D eigenvalue weighted by molar-refractivity contribution is -0.115. The van der Waals surface area contributed by atoms with Gasteiger partial charge in [-0.15, -0.1) is 0 Å². The third-order valence-corrected chi connectivity index (χ3v) is 3.93. The van der Waals surface area contributed by atoms with E-state index < -0.39 is 17.3 Å². The van der Waals surface area contributed by atoms with E-state index in [2.05, 4.69) is 5.32 Å². The molecular weight excluding hydrogens is 313 g/mol. The van der Waals surface area contributed by atoms with Crippen molar-refractivity contribution < 1.29 is 23.8 Å². The Hall–Kier alpha value is -2.73. The SMILES string of the molecule is O=C(Cc1ccc(C(=O)O)c(F)c1)Nc1cccc2c1CCOC2. The van der Waals surface area contributed by atoms with E-state index in [4.69, 9.17) is 9.84 Å². The fourth-order valence-corrected chi connectivity index (χ4v) is 2.76. The van der Waals surface area contributed by atoms with Crippen molar-refractivity contribution in [3.8, 4) is 0 Å². The van der Waals surface area contributed by atoms with E-state index in [1.807, 2.05) is 18.2 Å². The van der Waals surface area contributed by atoms with E-state index in [1.54, 1.807) is 0 Å². The minimum absolute atomic E-state index is 0.0308. The van der Waals surface area contributed by atoms with E-state index in [0.717, 1.165) is 29.3 Å². The predicted molar refractivity (Wildman–Crippen MR) is 85.5 cm³/mol. The number of carboxylic acids is 1. The molecule has 6 heteroatoms. The summed E-state index contributed by atoms with van der Waals surface area (Å²) in [6.45, 7) is 1.14. The maximum absolute atomic E-state index is 13.7. The Balaban J connectivity index is 1.73. The Bertz CT molecular complexity index is 804. The first kappa shape index (κ1) is 16.1. The fraction of sp³-hybridized carbons (Fsp3) is 0.222. The van der Waals surface area contributed by atoms with Crippen LogP contribution in [0.5, 0.6) is 0 Å². The first-order valence-electron chi connectivity index (χ1n) is 7.54. The van der Waals surface area contributed by atoms with Crippen molar-refractivity contribution in [3.05, 3.63) is 64.5 Å². The molecule has 2 N–H and O–H groups in total. The molecule has 0 aromatic heterocycles. The number of hydrogen-bond donors (Lipinski definition) is 2. The molecule has 124 valence electrons. The van der Waals surface area contributed by atoms with Gasteiger partial charge in [-0.2, -0.15) is 0 Å². The second-order valence-corrected chi connectivity index (χ2v) is 5.59. The van der Waals surface area contributed by atoms with Crippen LogP contribution in [0.3, 0.4) is 0 Å². The monoisotopic (exact) mass is 329 g/mol. The number of carboxylic acid groups (broad SMARTS) is 1. The van der Waals surface area contributed by atoms with Gasteiger partial charge in [0.25, 0.3) is 0 Å². The topological polar surface area (TPSA) is 75.6 Å². The largest absolute Gasteiger partial charge is 0.478 e. The van der Waals surface area contributed by atoms with Crippen LogP contribution in [0.4, 0.5) is 10.1 Å². The molecule has 1 aliphatic rings. The molecule has 0 aliphatic carbocycles. The highest BCUT2D eigenvalue weighted by atomic mass is 19.1. The molecular formula is C18H16FNO4. The molecule has 0 saturated carbocycles. The van der Waals surface area contributed by atoms with Gasteiger partial charge in [0.15, 0.2) is 0 Å². The van der Waals surface area contributed by atoms with Crippen LogP contribution >= 0.6 is 0 Å². The number of carbonyl (C=O) groups excluding carboxylic acids is 1. The summed E-state index contributed by atoms with van der Waals surface area (Å²) in [5, 5.41) is 11.7. The standard InChI is InChI=1S/C18H16FNO4/c19-15-8-11(4-5-14(15)18(22)23)9-17(21)20-16-3-1-2-12-10-24-7-6-13(12)16/h1-5,8H,6-7,9-10H2,(H,20,21)(H,22,23). The molecule has 0 saturated heterocycles. The molecule has 0 unspecified atom stereocenters. The minimum atomic E-state index is -1.33. The van der Waals surface area contributed by atoms with Gasteiger partial charge >= 0.3 is 5.97 Å². The highest BCUT2D eigenvalue weighted by molar-refractivity contribution is 5.93. The van der Waals surface area contributed by atoms with Crippen molar-refractivity contribution in [1.82, 2.24) is 0 Å². The normalized spacial score (nSPS) is 13.2. The Kier molecular flexibility index (Phi) is 4.57. The van der Waals surface area contributed by atoms with Gasteiger partial charge < -0.3 is 15.2 Å². The summed E-state index contributed by atoms with van der Waals surface area (Å²) in [5.74, 6) is -2.46. The lowest BCUT2D eigenvalue weighted by Crippen LogP contribution is -2.19. The van der Waals surface area contributed by atoms with E-state index in [-0.39, 0.29) is 12.3 Å². The highest BCUT2D eigenvalue weighted by Crippen LogP contribution is 2.25. The van der Waals surface area contributed by atoms with Crippen LogP contribution in [0, 0.1) is 5.82 Å². The number of ether oxygens (including phenoxy) is 1. The Morgan fingerprint density at radius 3 is 2.83 bits per heavy atom. The smallest absolute Gasteiger partial charge is 0.338 e. The van der Waals surface area contributed by atoms with Gasteiger partial charge in [-0.1, -0.05) is 18.2 Å². The second-order valence-electron chi connectivity index (χ2n) is 5.59. The van der Waals surface area contributed by atoms with Crippen molar-refractivity contribution in [2.75, 3.05) is 11.9 Å². The number of amides is 1. The molecule has 1 amide bonds. The third kappa shape index (κ3) is 3.44. The number of benzene rings is 2. The number of fused-ring (bicyclic) bond motifs is 1. The zero-order valence-electron chi connectivity index (χ0n) is 12.8. The molecule has 0 atom stereocenters. The number of carbonyl (C=O) groups is 2. The maximum atomic E-state index is 13.7. The molecule has 2 aromatic carbocycles. The average molecular weight is 329 g/mol. The first-order valence-corrected chi connectivity index (χ1v) is 7.54. The number of hydrogen-bond acceptors (Lipinski definition) is 3. The van der Waals surface area contributed by atoms with Gasteiger partial charge in [0, 0.05) is 5.69 Å². The van der Waals surface area contributed by atoms with E-state index in [0.29, 0.717) is 18.8 Å². The van der Waals surface area contributed by atoms with Crippen LogP contribution in [0.1, 0.15) is 27.0 Å². The van der Waals surface area contributed by atoms with Crippen molar-refractivity contribution >= 4 is 17.6 Å². The van der Waals surface area contributed by atoms with E-state index in [1.165, 1.54) is 12.1 Å². The summed E-state index contributed by atoms with van der Waals surface area (Å²) >= 11 is 0. The van der Waals surface area contributed by atoms with Crippen LogP contribution in [-0.4, -0.2) is 23.6 Å². The van der Waals surface area contributed by atoms with Crippen molar-refractivity contribution in [3.63, 3.8) is 0 Å². The second kappa shape index (κ2) is 6.80. The Morgan fingerprint density at radius 2 is 2.08 bits per heavy atom. The molecule has 3 rings (SSSR count). The fourth-order valence-electron chi connectivity index (χ4n) is 2.76. The summed E-state index contributed by atoms with van der Waals surface area (Å²) in [6, 6.07) is 9.34. The molecule has 24 heavy (non-hydrogen) atoms. The summed E-state index contributed by atoms with van der Waals surface area (Å²) in [5.41, 5.74) is 2.86. The average Bonchev–Trinajstić information content (AvgIpc) is 2.55. The third-order valence-electron chi connectivity index (χ3n) is 3.93. The molecule has 1 heterocycles. The molecule has 5 nitrogen and oxygen atoms in total. The Labute approximate surface area is 138 Å². The van der Waals surface area contributed by atoms with Crippen LogP contribution in [0.25, 0.3) is 0 Å². The van der Waals surface area contributed by atoms with Crippen LogP contribution in [-0.2, 0) is 29.0 Å². The number of aromatic carboxylic acids is 1. The lowest BCUT2D eigenvalue weighted by Gasteiger charge is -2.20. The van der Waals surface area contributed by atoms with Crippen LogP contribution in [0.15, 0.2) is 36.4 Å². The van der Waals surface area contributed by atoms with Gasteiger partial charge in [-0.3, -0.25) is 4.79 Å². The molecule has 0 spiro atoms. The van der Waals surface area contributed by atoms with Gasteiger partial charge in [0.2, 0.25) is 5.91 Å². The lowest BCUT2D eigenvalue weighted by atomic mass is 10.0. The molecule has 0 bridgehead atoms. The molecule has 0 radical (unpaired) electrons. The zero-order chi connectivity index (χ0) is 17.1. The van der Waals surface area contributed by atoms with Crippen molar-refractivity contribution in [2.45, 2.75) is 19.4 Å². The van der Waals surface area contributed by atoms with Crippen molar-refractivity contribution in [1.29, 1.82) is 0 Å². The quantitative estimate of drug-likeness (QED) is 0.904. The summed E-state index contributed by atoms with van der Waals surface area (Å²) in [6.07, 6.45) is 0.699. The van der Waals surface area contributed by atoms with Gasteiger partial charge in [0.05, 0.1) is 25.2 Å².